The van der Waals surface area contributed by atoms with Gasteiger partial charge in [-0.15, -0.1) is 4.83 Å². The van der Waals surface area contributed by atoms with Crippen molar-refractivity contribution in [2.24, 2.45) is 0 Å². The smallest absolute Gasteiger partial charge is 0.257 e. The average Bonchev–Trinajstić information content (AvgIpc) is 2.95. The monoisotopic (exact) mass is 372 g/mol. The summed E-state index contributed by atoms with van der Waals surface area (Å²) in [6.45, 7) is 1.76. The van der Waals surface area contributed by atoms with Crippen LogP contribution >= 0.6 is 23.2 Å². The maximum atomic E-state index is 12.3. The summed E-state index contributed by atoms with van der Waals surface area (Å²) in [6.07, 6.45) is 1.32. The molecule has 0 unspecified atom stereocenters. The molecule has 0 bridgehead atoms. The molecule has 8 nitrogen and oxygen atoms in total. The van der Waals surface area contributed by atoms with Gasteiger partial charge in [0.15, 0.2) is 0 Å². The molecule has 0 amide bonds. The van der Waals surface area contributed by atoms with Gasteiger partial charge in [-0.25, -0.2) is 13.4 Å². The fraction of sp³-hybridized carbons (Fsp3) is 0.0833. The van der Waals surface area contributed by atoms with E-state index in [2.05, 4.69) is 25.3 Å². The number of hydrogen-bond donors (Lipinski definition) is 2. The second-order valence-corrected chi connectivity index (χ2v) is 7.06. The Bertz CT molecular complexity index is 988. The Balaban J connectivity index is 1.89. The van der Waals surface area contributed by atoms with Crippen LogP contribution in [0.5, 0.6) is 0 Å². The van der Waals surface area contributed by atoms with E-state index < -0.39 is 10.0 Å². The Morgan fingerprint density at radius 2 is 1.96 bits per heavy atom. The van der Waals surface area contributed by atoms with Crippen molar-refractivity contribution in [2.75, 3.05) is 5.43 Å². The highest BCUT2D eigenvalue weighted by Crippen LogP contribution is 2.24. The van der Waals surface area contributed by atoms with Crippen LogP contribution in [-0.2, 0) is 10.0 Å². The first-order valence-corrected chi connectivity index (χ1v) is 8.51. The van der Waals surface area contributed by atoms with E-state index in [1.54, 1.807) is 13.0 Å². The number of aryl methyl sites for hydroxylation is 1. The minimum absolute atomic E-state index is 0.0278. The summed E-state index contributed by atoms with van der Waals surface area (Å²) in [7, 11) is -3.85. The summed E-state index contributed by atoms with van der Waals surface area (Å²) in [5, 5.41) is 4.38. The third kappa shape index (κ3) is 3.22. The second-order valence-electron chi connectivity index (χ2n) is 4.56. The maximum Gasteiger partial charge on any atom is 0.257 e. The largest absolute Gasteiger partial charge is 0.292 e. The lowest BCUT2D eigenvalue weighted by molar-refractivity contribution is 0.587. The second kappa shape index (κ2) is 5.93. The van der Waals surface area contributed by atoms with Crippen LogP contribution in [0, 0.1) is 6.92 Å². The number of aromatic nitrogens is 4. The third-order valence-corrected chi connectivity index (χ3v) is 4.88. The first-order valence-electron chi connectivity index (χ1n) is 6.27. The predicted octanol–water partition coefficient (Wildman–Crippen LogP) is 2.04. The van der Waals surface area contributed by atoms with Crippen LogP contribution in [0.4, 0.5) is 5.82 Å². The van der Waals surface area contributed by atoms with Gasteiger partial charge in [-0.05, 0) is 25.1 Å². The number of hydrogen-bond acceptors (Lipinski definition) is 6. The molecule has 11 heteroatoms. The standard InChI is InChI=1S/C12H10Cl2N6O2S/c1-7-4-11(20-12(17-7)15-6-16-20)18-19-23(21,22)8-2-3-9(13)10(14)5-8/h2-6,18-19H,1H3. The molecule has 0 saturated heterocycles. The topological polar surface area (TPSA) is 101 Å². The van der Waals surface area contributed by atoms with Gasteiger partial charge >= 0.3 is 0 Å². The van der Waals surface area contributed by atoms with E-state index in [0.29, 0.717) is 17.3 Å². The lowest BCUT2D eigenvalue weighted by Crippen LogP contribution is -2.30. The summed E-state index contributed by atoms with van der Waals surface area (Å²) in [5.74, 6) is 0.717. The molecule has 120 valence electrons. The van der Waals surface area contributed by atoms with Crippen LogP contribution in [-0.4, -0.2) is 28.0 Å². The molecule has 3 rings (SSSR count). The minimum atomic E-state index is -3.85. The molecule has 3 aromatic rings. The molecule has 23 heavy (non-hydrogen) atoms. The lowest BCUT2D eigenvalue weighted by atomic mass is 10.4. The summed E-state index contributed by atoms with van der Waals surface area (Å²) in [5.41, 5.74) is 3.25. The number of nitrogens with one attached hydrogen (secondary N) is 2. The quantitative estimate of drug-likeness (QED) is 0.679. The van der Waals surface area contributed by atoms with Crippen molar-refractivity contribution in [3.63, 3.8) is 0 Å². The van der Waals surface area contributed by atoms with Crippen LogP contribution in [0.3, 0.4) is 0 Å². The maximum absolute atomic E-state index is 12.3. The van der Waals surface area contributed by atoms with E-state index in [1.165, 1.54) is 29.0 Å². The molecule has 0 spiro atoms. The van der Waals surface area contributed by atoms with Gasteiger partial charge in [-0.3, -0.25) is 5.43 Å². The lowest BCUT2D eigenvalue weighted by Gasteiger charge is -2.11. The van der Waals surface area contributed by atoms with Crippen LogP contribution in [0.25, 0.3) is 5.78 Å². The number of sulfonamides is 1. The highest BCUT2D eigenvalue weighted by molar-refractivity contribution is 7.89. The Morgan fingerprint density at radius 1 is 1.17 bits per heavy atom. The van der Waals surface area contributed by atoms with Gasteiger partial charge in [-0.2, -0.15) is 14.6 Å². The normalized spacial score (nSPS) is 11.8. The summed E-state index contributed by atoms with van der Waals surface area (Å²) >= 11 is 11.6. The van der Waals surface area contributed by atoms with Crippen molar-refractivity contribution >= 4 is 44.8 Å². The van der Waals surface area contributed by atoms with Crippen molar-refractivity contribution in [1.29, 1.82) is 0 Å². The van der Waals surface area contributed by atoms with E-state index in [4.69, 9.17) is 23.2 Å². The Kier molecular flexibility index (Phi) is 4.11. The number of fused-ring (bicyclic) bond motifs is 1. The van der Waals surface area contributed by atoms with E-state index >= 15 is 0 Å². The van der Waals surface area contributed by atoms with Gasteiger partial charge in [0.05, 0.1) is 14.9 Å². The number of nitrogens with zero attached hydrogens (tertiary/aromatic N) is 4. The van der Waals surface area contributed by atoms with Crippen LogP contribution in [0.2, 0.25) is 10.0 Å². The van der Waals surface area contributed by atoms with Gasteiger partial charge in [0.2, 0.25) is 0 Å². The van der Waals surface area contributed by atoms with Gasteiger partial charge in [0, 0.05) is 11.8 Å². The molecular weight excluding hydrogens is 363 g/mol. The van der Waals surface area contributed by atoms with E-state index in [0.717, 1.165) is 0 Å². The van der Waals surface area contributed by atoms with Crippen molar-refractivity contribution < 1.29 is 8.42 Å². The highest BCUT2D eigenvalue weighted by Gasteiger charge is 2.16. The molecule has 2 heterocycles. The third-order valence-electron chi connectivity index (χ3n) is 2.89. The summed E-state index contributed by atoms with van der Waals surface area (Å²) < 4.78 is 25.9. The molecule has 0 fully saturated rings. The zero-order valence-corrected chi connectivity index (χ0v) is 14.0. The molecule has 2 N–H and O–H groups in total. The summed E-state index contributed by atoms with van der Waals surface area (Å²) in [4.78, 5) is 10.3. The van der Waals surface area contributed by atoms with Crippen molar-refractivity contribution in [3.8, 4) is 0 Å². The minimum Gasteiger partial charge on any atom is -0.292 e. The summed E-state index contributed by atoms with van der Waals surface area (Å²) in [6, 6.07) is 5.64. The Labute approximate surface area is 141 Å². The number of hydrazine groups is 1. The van der Waals surface area contributed by atoms with Gasteiger partial charge in [0.25, 0.3) is 15.8 Å². The Hall–Kier alpha value is -1.94. The number of anilines is 1. The van der Waals surface area contributed by atoms with Gasteiger partial charge in [-0.1, -0.05) is 23.2 Å². The van der Waals surface area contributed by atoms with Crippen LogP contribution in [0.15, 0.2) is 35.5 Å². The Morgan fingerprint density at radius 3 is 2.70 bits per heavy atom. The van der Waals surface area contributed by atoms with Crippen LogP contribution < -0.4 is 10.3 Å². The fourth-order valence-corrected chi connectivity index (χ4v) is 3.08. The predicted molar refractivity (Wildman–Crippen MR) is 85.9 cm³/mol. The van der Waals surface area contributed by atoms with E-state index in [1.807, 2.05) is 0 Å². The SMILES string of the molecule is Cc1cc(NNS(=O)(=O)c2ccc(Cl)c(Cl)c2)n2ncnc2n1. The number of benzene rings is 1. The average molecular weight is 373 g/mol. The number of halogens is 2. The molecule has 0 aliphatic heterocycles. The zero-order valence-electron chi connectivity index (χ0n) is 11.7. The van der Waals surface area contributed by atoms with Crippen LogP contribution in [0.1, 0.15) is 5.69 Å². The van der Waals surface area contributed by atoms with Gasteiger partial charge < -0.3 is 0 Å². The van der Waals surface area contributed by atoms with Crippen molar-refractivity contribution in [2.45, 2.75) is 11.8 Å². The first-order chi connectivity index (χ1) is 10.9. The molecule has 0 aliphatic rings. The number of rotatable bonds is 4. The fourth-order valence-electron chi connectivity index (χ4n) is 1.84. The molecule has 0 atom stereocenters. The van der Waals surface area contributed by atoms with E-state index in [-0.39, 0.29) is 14.9 Å². The van der Waals surface area contributed by atoms with Gasteiger partial charge in [0.1, 0.15) is 12.1 Å². The van der Waals surface area contributed by atoms with Crippen molar-refractivity contribution in [1.82, 2.24) is 24.4 Å². The molecular formula is C12H10Cl2N6O2S. The molecule has 0 aliphatic carbocycles. The first kappa shape index (κ1) is 15.9. The van der Waals surface area contributed by atoms with Crippen molar-refractivity contribution in [3.05, 3.63) is 46.3 Å². The highest BCUT2D eigenvalue weighted by atomic mass is 35.5. The van der Waals surface area contributed by atoms with E-state index in [9.17, 15) is 8.42 Å². The zero-order chi connectivity index (χ0) is 16.6. The molecule has 0 saturated carbocycles. The molecule has 1 aromatic carbocycles. The molecule has 0 radical (unpaired) electrons. The molecule has 2 aromatic heterocycles.